The van der Waals surface area contributed by atoms with Crippen molar-refractivity contribution in [1.82, 2.24) is 10.2 Å². The Bertz CT molecular complexity index is 482. The van der Waals surface area contributed by atoms with Gasteiger partial charge < -0.3 is 15.0 Å². The molecule has 1 aromatic carbocycles. The van der Waals surface area contributed by atoms with Crippen LogP contribution in [-0.4, -0.2) is 42.3 Å². The van der Waals surface area contributed by atoms with E-state index in [9.17, 15) is 4.79 Å². The average molecular weight is 311 g/mol. The van der Waals surface area contributed by atoms with E-state index in [2.05, 4.69) is 5.32 Å². The summed E-state index contributed by atoms with van der Waals surface area (Å²) in [6, 6.07) is 7.87. The lowest BCUT2D eigenvalue weighted by Crippen LogP contribution is -2.55. The van der Waals surface area contributed by atoms with E-state index in [4.69, 9.17) is 16.3 Å². The smallest absolute Gasteiger partial charge is 0.410 e. The first kappa shape index (κ1) is 16.1. The third-order valence-corrected chi connectivity index (χ3v) is 3.61. The molecule has 21 heavy (non-hydrogen) atoms. The Kier molecular flexibility index (Phi) is 5.12. The van der Waals surface area contributed by atoms with E-state index in [0.29, 0.717) is 6.54 Å². The number of piperazine rings is 1. The van der Waals surface area contributed by atoms with E-state index in [1.165, 1.54) is 5.56 Å². The number of ether oxygens (including phenoxy) is 1. The molecule has 1 fully saturated rings. The summed E-state index contributed by atoms with van der Waals surface area (Å²) in [5, 5.41) is 4.07. The van der Waals surface area contributed by atoms with Gasteiger partial charge in [0.25, 0.3) is 0 Å². The summed E-state index contributed by atoms with van der Waals surface area (Å²) >= 11 is 5.91. The molecule has 0 unspecified atom stereocenters. The number of hydrogen-bond acceptors (Lipinski definition) is 3. The molecular weight excluding hydrogens is 288 g/mol. The molecule has 1 amide bonds. The van der Waals surface area contributed by atoms with Crippen molar-refractivity contribution in [2.75, 3.05) is 19.6 Å². The first-order valence-electron chi connectivity index (χ1n) is 7.30. The molecule has 5 heteroatoms. The molecule has 1 atom stereocenters. The molecule has 1 aliphatic rings. The summed E-state index contributed by atoms with van der Waals surface area (Å²) in [7, 11) is 0. The largest absolute Gasteiger partial charge is 0.444 e. The van der Waals surface area contributed by atoms with Gasteiger partial charge in [-0.1, -0.05) is 23.7 Å². The van der Waals surface area contributed by atoms with Crippen molar-refractivity contribution in [2.45, 2.75) is 38.8 Å². The Labute approximate surface area is 131 Å². The van der Waals surface area contributed by atoms with Gasteiger partial charge in [-0.2, -0.15) is 0 Å². The van der Waals surface area contributed by atoms with E-state index in [1.54, 1.807) is 0 Å². The van der Waals surface area contributed by atoms with Crippen LogP contribution in [0.15, 0.2) is 24.3 Å². The Balaban J connectivity index is 2.04. The summed E-state index contributed by atoms with van der Waals surface area (Å²) in [5.41, 5.74) is 0.703. The topological polar surface area (TPSA) is 41.6 Å². The summed E-state index contributed by atoms with van der Waals surface area (Å²) < 4.78 is 5.50. The second-order valence-electron chi connectivity index (χ2n) is 6.36. The number of amides is 1. The Morgan fingerprint density at radius 1 is 1.38 bits per heavy atom. The van der Waals surface area contributed by atoms with Crippen LogP contribution in [0.5, 0.6) is 0 Å². The molecule has 116 valence electrons. The van der Waals surface area contributed by atoms with Crippen molar-refractivity contribution in [3.05, 3.63) is 34.9 Å². The summed E-state index contributed by atoms with van der Waals surface area (Å²) in [6.45, 7) is 7.93. The third-order valence-electron chi connectivity index (χ3n) is 3.36. The van der Waals surface area contributed by atoms with Crippen molar-refractivity contribution in [2.24, 2.45) is 0 Å². The van der Waals surface area contributed by atoms with Gasteiger partial charge in [-0.25, -0.2) is 4.79 Å². The lowest BCUT2D eigenvalue weighted by Gasteiger charge is -2.37. The average Bonchev–Trinajstić information content (AvgIpc) is 2.40. The zero-order chi connectivity index (χ0) is 15.5. The molecule has 0 radical (unpaired) electrons. The van der Waals surface area contributed by atoms with Crippen LogP contribution in [0.3, 0.4) is 0 Å². The number of carbonyl (C=O) groups excluding carboxylic acids is 1. The quantitative estimate of drug-likeness (QED) is 0.912. The highest BCUT2D eigenvalue weighted by Crippen LogP contribution is 2.17. The molecule has 0 aliphatic carbocycles. The fourth-order valence-corrected chi connectivity index (χ4v) is 2.52. The first-order valence-corrected chi connectivity index (χ1v) is 7.68. The molecular formula is C16H23ClN2O2. The van der Waals surface area contributed by atoms with Crippen molar-refractivity contribution in [3.8, 4) is 0 Å². The van der Waals surface area contributed by atoms with Gasteiger partial charge in [0.1, 0.15) is 5.60 Å². The highest BCUT2D eigenvalue weighted by molar-refractivity contribution is 6.30. The summed E-state index contributed by atoms with van der Waals surface area (Å²) in [5.74, 6) is 0. The molecule has 0 spiro atoms. The molecule has 0 aromatic heterocycles. The van der Waals surface area contributed by atoms with Crippen molar-refractivity contribution < 1.29 is 9.53 Å². The lowest BCUT2D eigenvalue weighted by atomic mass is 10.0. The standard InChI is InChI=1S/C16H23ClN2O2/c1-16(2,3)21-15(20)19-9-8-18-11-14(19)10-12-4-6-13(17)7-5-12/h4-7,14,18H,8-11H2,1-3H3/t14-/m1/s1. The van der Waals surface area contributed by atoms with Crippen LogP contribution in [-0.2, 0) is 11.2 Å². The van der Waals surface area contributed by atoms with Crippen LogP contribution in [0.2, 0.25) is 5.02 Å². The number of halogens is 1. The predicted octanol–water partition coefficient (Wildman–Crippen LogP) is 3.09. The SMILES string of the molecule is CC(C)(C)OC(=O)N1CCNC[C@H]1Cc1ccc(Cl)cc1. The van der Waals surface area contributed by atoms with Gasteiger partial charge >= 0.3 is 6.09 Å². The van der Waals surface area contributed by atoms with E-state index in [-0.39, 0.29) is 12.1 Å². The van der Waals surface area contributed by atoms with Crippen LogP contribution in [0, 0.1) is 0 Å². The number of rotatable bonds is 2. The van der Waals surface area contributed by atoms with Gasteiger partial charge in [-0.15, -0.1) is 0 Å². The number of nitrogens with one attached hydrogen (secondary N) is 1. The monoisotopic (exact) mass is 310 g/mol. The molecule has 1 saturated heterocycles. The number of hydrogen-bond donors (Lipinski definition) is 1. The zero-order valence-electron chi connectivity index (χ0n) is 12.9. The third kappa shape index (κ3) is 4.90. The minimum absolute atomic E-state index is 0.106. The zero-order valence-corrected chi connectivity index (χ0v) is 13.6. The molecule has 1 heterocycles. The van der Waals surface area contributed by atoms with Gasteiger partial charge in [0, 0.05) is 24.7 Å². The van der Waals surface area contributed by atoms with Crippen LogP contribution in [0.25, 0.3) is 0 Å². The molecule has 2 rings (SSSR count). The molecule has 1 aromatic rings. The van der Waals surface area contributed by atoms with Gasteiger partial charge in [-0.3, -0.25) is 0 Å². The maximum absolute atomic E-state index is 12.3. The first-order chi connectivity index (χ1) is 9.85. The van der Waals surface area contributed by atoms with Crippen LogP contribution < -0.4 is 5.32 Å². The van der Waals surface area contributed by atoms with Crippen LogP contribution in [0.1, 0.15) is 26.3 Å². The van der Waals surface area contributed by atoms with Gasteiger partial charge in [0.05, 0.1) is 6.04 Å². The molecule has 1 aliphatic heterocycles. The molecule has 4 nitrogen and oxygen atoms in total. The minimum atomic E-state index is -0.465. The predicted molar refractivity (Wildman–Crippen MR) is 84.8 cm³/mol. The molecule has 0 bridgehead atoms. The summed E-state index contributed by atoms with van der Waals surface area (Å²) in [4.78, 5) is 14.2. The number of carbonyl (C=O) groups is 1. The maximum atomic E-state index is 12.3. The highest BCUT2D eigenvalue weighted by atomic mass is 35.5. The fraction of sp³-hybridized carbons (Fsp3) is 0.562. The number of benzene rings is 1. The van der Waals surface area contributed by atoms with Gasteiger partial charge in [0.2, 0.25) is 0 Å². The van der Waals surface area contributed by atoms with Gasteiger partial charge in [0.15, 0.2) is 0 Å². The summed E-state index contributed by atoms with van der Waals surface area (Å²) in [6.07, 6.45) is 0.562. The van der Waals surface area contributed by atoms with Crippen LogP contribution in [0.4, 0.5) is 4.79 Å². The van der Waals surface area contributed by atoms with E-state index >= 15 is 0 Å². The Hall–Kier alpha value is -1.26. The van der Waals surface area contributed by atoms with Crippen molar-refractivity contribution in [3.63, 3.8) is 0 Å². The molecule has 1 N–H and O–H groups in total. The van der Waals surface area contributed by atoms with Crippen molar-refractivity contribution >= 4 is 17.7 Å². The van der Waals surface area contributed by atoms with Crippen LogP contribution >= 0.6 is 11.6 Å². The normalized spacial score (nSPS) is 19.4. The van der Waals surface area contributed by atoms with E-state index < -0.39 is 5.60 Å². The minimum Gasteiger partial charge on any atom is -0.444 e. The van der Waals surface area contributed by atoms with E-state index in [0.717, 1.165) is 24.5 Å². The van der Waals surface area contributed by atoms with Gasteiger partial charge in [-0.05, 0) is 44.9 Å². The van der Waals surface area contributed by atoms with Crippen molar-refractivity contribution in [1.29, 1.82) is 0 Å². The van der Waals surface area contributed by atoms with E-state index in [1.807, 2.05) is 49.9 Å². The lowest BCUT2D eigenvalue weighted by molar-refractivity contribution is 0.0122. The Morgan fingerprint density at radius 3 is 2.67 bits per heavy atom. The maximum Gasteiger partial charge on any atom is 0.410 e. The highest BCUT2D eigenvalue weighted by Gasteiger charge is 2.30. The second-order valence-corrected chi connectivity index (χ2v) is 6.80. The Morgan fingerprint density at radius 2 is 2.05 bits per heavy atom. The number of nitrogens with zero attached hydrogens (tertiary/aromatic N) is 1. The second kappa shape index (κ2) is 6.67. The fourth-order valence-electron chi connectivity index (χ4n) is 2.40. The molecule has 0 saturated carbocycles.